The van der Waals surface area contributed by atoms with Gasteiger partial charge in [0, 0.05) is 5.56 Å². The first-order valence-electron chi connectivity index (χ1n) is 8.03. The monoisotopic (exact) mass is 374 g/mol. The molecule has 0 radical (unpaired) electrons. The van der Waals surface area contributed by atoms with Crippen molar-refractivity contribution in [3.63, 3.8) is 0 Å². The number of imide groups is 1. The largest absolute Gasteiger partial charge is 0.497 e. The van der Waals surface area contributed by atoms with Crippen molar-refractivity contribution in [2.45, 2.75) is 12.5 Å². The molecule has 3 rings (SSSR count). The number of amides is 3. The lowest BCUT2D eigenvalue weighted by molar-refractivity contribution is -0.130. The van der Waals surface area contributed by atoms with E-state index in [0.29, 0.717) is 11.3 Å². The second-order valence-corrected chi connectivity index (χ2v) is 6.23. The average molecular weight is 374 g/mol. The van der Waals surface area contributed by atoms with Crippen molar-refractivity contribution >= 4 is 17.7 Å². The molecule has 0 aromatic heterocycles. The van der Waals surface area contributed by atoms with Crippen LogP contribution >= 0.6 is 0 Å². The van der Waals surface area contributed by atoms with E-state index in [0.717, 1.165) is 23.1 Å². The minimum Gasteiger partial charge on any atom is -0.497 e. The number of nitrogens with zero attached hydrogens (tertiary/aromatic N) is 1. The second-order valence-electron chi connectivity index (χ2n) is 6.23. The number of methoxy groups -OCH3 is 1. The van der Waals surface area contributed by atoms with Gasteiger partial charge >= 0.3 is 6.03 Å². The molecule has 1 heterocycles. The lowest BCUT2D eigenvalue weighted by atomic mass is 9.92. The molecule has 1 N–H and O–H groups in total. The minimum absolute atomic E-state index is 0.132. The number of urea groups is 1. The van der Waals surface area contributed by atoms with Crippen LogP contribution in [0.5, 0.6) is 5.75 Å². The normalized spacial score (nSPS) is 19.2. The van der Waals surface area contributed by atoms with Crippen molar-refractivity contribution in [3.8, 4) is 5.75 Å². The van der Waals surface area contributed by atoms with Crippen LogP contribution in [0.25, 0.3) is 0 Å². The van der Waals surface area contributed by atoms with Crippen molar-refractivity contribution in [3.05, 3.63) is 65.2 Å². The highest BCUT2D eigenvalue weighted by molar-refractivity contribution is 6.11. The number of nitrogens with one attached hydrogen (secondary N) is 1. The van der Waals surface area contributed by atoms with Crippen LogP contribution in [-0.4, -0.2) is 36.3 Å². The van der Waals surface area contributed by atoms with Gasteiger partial charge in [-0.3, -0.25) is 14.5 Å². The summed E-state index contributed by atoms with van der Waals surface area (Å²) in [6.07, 6.45) is 0. The minimum atomic E-state index is -1.35. The number of Topliss-reactive ketones (excluding diaryl/α,β-unsaturated/α-hetero) is 1. The molecule has 0 saturated carbocycles. The van der Waals surface area contributed by atoms with E-state index in [1.807, 2.05) is 0 Å². The summed E-state index contributed by atoms with van der Waals surface area (Å²) in [5.74, 6) is -2.98. The van der Waals surface area contributed by atoms with E-state index < -0.39 is 41.4 Å². The van der Waals surface area contributed by atoms with Crippen LogP contribution in [0.4, 0.5) is 13.6 Å². The summed E-state index contributed by atoms with van der Waals surface area (Å²) in [4.78, 5) is 38.1. The molecule has 2 aromatic carbocycles. The molecule has 27 heavy (non-hydrogen) atoms. The van der Waals surface area contributed by atoms with Gasteiger partial charge in [-0.05, 0) is 42.8 Å². The molecule has 0 aliphatic carbocycles. The Morgan fingerprint density at radius 1 is 1.11 bits per heavy atom. The van der Waals surface area contributed by atoms with Gasteiger partial charge in [0.05, 0.1) is 13.7 Å². The fraction of sp³-hybridized carbons (Fsp3) is 0.211. The van der Waals surface area contributed by atoms with Gasteiger partial charge in [-0.25, -0.2) is 13.6 Å². The fourth-order valence-electron chi connectivity index (χ4n) is 2.87. The Kier molecular flexibility index (Phi) is 4.65. The summed E-state index contributed by atoms with van der Waals surface area (Å²) >= 11 is 0. The number of ketones is 1. The van der Waals surface area contributed by atoms with Crippen molar-refractivity contribution in [2.24, 2.45) is 0 Å². The highest BCUT2D eigenvalue weighted by Gasteiger charge is 2.49. The van der Waals surface area contributed by atoms with Crippen LogP contribution in [0.1, 0.15) is 22.8 Å². The van der Waals surface area contributed by atoms with Crippen LogP contribution in [-0.2, 0) is 10.3 Å². The van der Waals surface area contributed by atoms with E-state index in [2.05, 4.69) is 5.32 Å². The maximum absolute atomic E-state index is 13.3. The van der Waals surface area contributed by atoms with Gasteiger partial charge < -0.3 is 10.1 Å². The Balaban J connectivity index is 1.82. The molecule has 140 valence electrons. The molecule has 1 fully saturated rings. The van der Waals surface area contributed by atoms with Gasteiger partial charge in [0.15, 0.2) is 17.4 Å². The van der Waals surface area contributed by atoms with Gasteiger partial charge in [0.1, 0.15) is 11.3 Å². The molecule has 1 atom stereocenters. The molecule has 1 aliphatic heterocycles. The van der Waals surface area contributed by atoms with Crippen molar-refractivity contribution in [1.82, 2.24) is 10.2 Å². The summed E-state index contributed by atoms with van der Waals surface area (Å²) in [7, 11) is 1.50. The fourth-order valence-corrected chi connectivity index (χ4v) is 2.87. The molecule has 1 saturated heterocycles. The number of ether oxygens (including phenoxy) is 1. The summed E-state index contributed by atoms with van der Waals surface area (Å²) < 4.78 is 31.4. The zero-order valence-corrected chi connectivity index (χ0v) is 14.6. The van der Waals surface area contributed by atoms with Crippen LogP contribution in [0, 0.1) is 11.6 Å². The molecule has 3 amide bonds. The number of benzene rings is 2. The van der Waals surface area contributed by atoms with E-state index in [1.165, 1.54) is 14.0 Å². The van der Waals surface area contributed by atoms with E-state index >= 15 is 0 Å². The molecular formula is C19H16F2N2O4. The molecule has 1 aliphatic rings. The zero-order chi connectivity index (χ0) is 19.8. The molecule has 0 bridgehead atoms. The predicted octanol–water partition coefficient (Wildman–Crippen LogP) is 2.62. The average Bonchev–Trinajstić information content (AvgIpc) is 2.88. The molecule has 0 spiro atoms. The third-order valence-corrected chi connectivity index (χ3v) is 4.49. The third kappa shape index (κ3) is 3.25. The Labute approximate surface area is 153 Å². The third-order valence-electron chi connectivity index (χ3n) is 4.49. The maximum atomic E-state index is 13.3. The smallest absolute Gasteiger partial charge is 0.325 e. The highest BCUT2D eigenvalue weighted by Crippen LogP contribution is 2.30. The first-order chi connectivity index (χ1) is 12.8. The van der Waals surface area contributed by atoms with Crippen molar-refractivity contribution in [1.29, 1.82) is 0 Å². The number of rotatable bonds is 5. The number of halogens is 2. The summed E-state index contributed by atoms with van der Waals surface area (Å²) in [6.45, 7) is 0.943. The number of hydrogen-bond donors (Lipinski definition) is 1. The van der Waals surface area contributed by atoms with Gasteiger partial charge in [-0.15, -0.1) is 0 Å². The highest BCUT2D eigenvalue weighted by atomic mass is 19.2. The summed E-state index contributed by atoms with van der Waals surface area (Å²) in [5, 5.41) is 2.57. The molecule has 8 heteroatoms. The number of carbonyl (C=O) groups excluding carboxylic acids is 3. The zero-order valence-electron chi connectivity index (χ0n) is 14.6. The standard InChI is InChI=1S/C19H16F2N2O4/c1-19(12-4-6-13(27-2)7-5-12)17(25)23(18(26)22-19)10-16(24)11-3-8-14(20)15(21)9-11/h3-9H,10H2,1-2H3,(H,22,26). The Hall–Kier alpha value is -3.29. The Bertz CT molecular complexity index is 930. The molecule has 2 aromatic rings. The summed E-state index contributed by atoms with van der Waals surface area (Å²) in [5.41, 5.74) is -0.963. The maximum Gasteiger partial charge on any atom is 0.325 e. The first kappa shape index (κ1) is 18.5. The van der Waals surface area contributed by atoms with Crippen LogP contribution in [0.3, 0.4) is 0 Å². The Morgan fingerprint density at radius 2 is 1.78 bits per heavy atom. The van der Waals surface area contributed by atoms with E-state index in [4.69, 9.17) is 4.74 Å². The number of carbonyl (C=O) groups is 3. The van der Waals surface area contributed by atoms with Gasteiger partial charge in [0.2, 0.25) is 0 Å². The SMILES string of the molecule is COc1ccc(C2(C)NC(=O)N(CC(=O)c3ccc(F)c(F)c3)C2=O)cc1. The van der Waals surface area contributed by atoms with Gasteiger partial charge in [0.25, 0.3) is 5.91 Å². The van der Waals surface area contributed by atoms with Gasteiger partial charge in [-0.1, -0.05) is 12.1 Å². The first-order valence-corrected chi connectivity index (χ1v) is 8.03. The van der Waals surface area contributed by atoms with Crippen LogP contribution in [0.2, 0.25) is 0 Å². The topological polar surface area (TPSA) is 75.7 Å². The second kappa shape index (κ2) is 6.79. The van der Waals surface area contributed by atoms with Gasteiger partial charge in [-0.2, -0.15) is 0 Å². The molecule has 1 unspecified atom stereocenters. The van der Waals surface area contributed by atoms with E-state index in [-0.39, 0.29) is 5.56 Å². The lowest BCUT2D eigenvalue weighted by Crippen LogP contribution is -2.41. The van der Waals surface area contributed by atoms with E-state index in [1.54, 1.807) is 24.3 Å². The molecular weight excluding hydrogens is 358 g/mol. The lowest BCUT2D eigenvalue weighted by Gasteiger charge is -2.22. The Morgan fingerprint density at radius 3 is 2.37 bits per heavy atom. The van der Waals surface area contributed by atoms with Crippen molar-refractivity contribution < 1.29 is 27.9 Å². The quantitative estimate of drug-likeness (QED) is 0.645. The van der Waals surface area contributed by atoms with Crippen LogP contribution < -0.4 is 10.1 Å². The van der Waals surface area contributed by atoms with Crippen LogP contribution in [0.15, 0.2) is 42.5 Å². The van der Waals surface area contributed by atoms with Crippen molar-refractivity contribution in [2.75, 3.05) is 13.7 Å². The summed E-state index contributed by atoms with van der Waals surface area (Å²) in [6, 6.07) is 8.48. The predicted molar refractivity (Wildman–Crippen MR) is 91.3 cm³/mol. The van der Waals surface area contributed by atoms with E-state index in [9.17, 15) is 23.2 Å². The number of hydrogen-bond acceptors (Lipinski definition) is 4. The molecule has 6 nitrogen and oxygen atoms in total.